The van der Waals surface area contributed by atoms with Gasteiger partial charge in [-0.3, -0.25) is 0 Å². The average Bonchev–Trinajstić information content (AvgIpc) is 2.85. The van der Waals surface area contributed by atoms with E-state index in [0.29, 0.717) is 12.8 Å². The Labute approximate surface area is 132 Å². The highest BCUT2D eigenvalue weighted by Crippen LogP contribution is 2.15. The quantitative estimate of drug-likeness (QED) is 0.784. The highest BCUT2D eigenvalue weighted by Gasteiger charge is 2.17. The lowest BCUT2D eigenvalue weighted by Gasteiger charge is -2.08. The van der Waals surface area contributed by atoms with Crippen LogP contribution in [0.3, 0.4) is 0 Å². The summed E-state index contributed by atoms with van der Waals surface area (Å²) < 4.78 is 53.0. The van der Waals surface area contributed by atoms with Gasteiger partial charge < -0.3 is 0 Å². The van der Waals surface area contributed by atoms with Crippen LogP contribution >= 0.6 is 11.3 Å². The molecule has 120 valence electrons. The van der Waals surface area contributed by atoms with E-state index in [2.05, 4.69) is 9.71 Å². The first-order valence-corrected chi connectivity index (χ1v) is 9.22. The third kappa shape index (κ3) is 4.82. The Morgan fingerprint density at radius 2 is 1.95 bits per heavy atom. The Bertz CT molecular complexity index is 725. The minimum absolute atomic E-state index is 0.205. The number of hydrogen-bond donors (Lipinski definition) is 1. The molecule has 0 fully saturated rings. The Morgan fingerprint density at radius 1 is 1.27 bits per heavy atom. The summed E-state index contributed by atoms with van der Waals surface area (Å²) in [6, 6.07) is 3.28. The topological polar surface area (TPSA) is 59.1 Å². The minimum atomic E-state index is -3.78. The number of nitrogens with one attached hydrogen (secondary N) is 1. The van der Waals surface area contributed by atoms with E-state index >= 15 is 0 Å². The fourth-order valence-corrected chi connectivity index (χ4v) is 3.93. The zero-order valence-corrected chi connectivity index (χ0v) is 13.6. The molecule has 0 aliphatic rings. The third-order valence-corrected chi connectivity index (χ3v) is 5.29. The van der Waals surface area contributed by atoms with Crippen molar-refractivity contribution in [2.45, 2.75) is 25.5 Å². The molecule has 1 aromatic carbocycles. The maximum Gasteiger partial charge on any atom is 0.215 e. The summed E-state index contributed by atoms with van der Waals surface area (Å²) in [5.74, 6) is -2.42. The second-order valence-corrected chi connectivity index (χ2v) is 7.59. The molecule has 0 amide bonds. The van der Waals surface area contributed by atoms with Crippen molar-refractivity contribution in [3.8, 4) is 0 Å². The number of hydrogen-bond acceptors (Lipinski definition) is 4. The van der Waals surface area contributed by atoms with Crippen molar-refractivity contribution in [3.63, 3.8) is 0 Å². The largest absolute Gasteiger partial charge is 0.247 e. The van der Waals surface area contributed by atoms with Gasteiger partial charge in [-0.2, -0.15) is 0 Å². The molecule has 0 atom stereocenters. The Balaban J connectivity index is 1.86. The van der Waals surface area contributed by atoms with Gasteiger partial charge in [0.1, 0.15) is 11.6 Å². The van der Waals surface area contributed by atoms with Crippen molar-refractivity contribution < 1.29 is 17.2 Å². The summed E-state index contributed by atoms with van der Waals surface area (Å²) in [6.07, 6.45) is 1.24. The summed E-state index contributed by atoms with van der Waals surface area (Å²) in [5, 5.41) is 2.87. The number of nitrogens with zero attached hydrogens (tertiary/aromatic N) is 1. The van der Waals surface area contributed by atoms with Crippen molar-refractivity contribution in [2.24, 2.45) is 0 Å². The van der Waals surface area contributed by atoms with Gasteiger partial charge in [-0.15, -0.1) is 11.3 Å². The molecule has 4 nitrogen and oxygen atoms in total. The van der Waals surface area contributed by atoms with Gasteiger partial charge in [0.25, 0.3) is 0 Å². The van der Waals surface area contributed by atoms with E-state index in [1.165, 1.54) is 17.4 Å². The summed E-state index contributed by atoms with van der Waals surface area (Å²) in [6.45, 7) is 2.10. The molecular formula is C14H16F2N2O2S2. The monoisotopic (exact) mass is 346 g/mol. The number of thiazole rings is 1. The summed E-state index contributed by atoms with van der Waals surface area (Å²) in [5.41, 5.74) is 0.501. The zero-order chi connectivity index (χ0) is 16.2. The van der Waals surface area contributed by atoms with E-state index in [0.717, 1.165) is 22.8 Å². The lowest BCUT2D eigenvalue weighted by molar-refractivity contribution is 0.550. The van der Waals surface area contributed by atoms with E-state index in [4.69, 9.17) is 0 Å². The van der Waals surface area contributed by atoms with Gasteiger partial charge in [-0.1, -0.05) is 6.07 Å². The molecule has 2 aromatic rings. The predicted octanol–water partition coefficient (Wildman–Crippen LogP) is 2.78. The normalized spacial score (nSPS) is 11.8. The van der Waals surface area contributed by atoms with Gasteiger partial charge in [0, 0.05) is 29.6 Å². The second-order valence-electron chi connectivity index (χ2n) is 4.84. The Hall–Kier alpha value is -1.38. The van der Waals surface area contributed by atoms with Crippen LogP contribution in [0.4, 0.5) is 8.78 Å². The summed E-state index contributed by atoms with van der Waals surface area (Å²) in [4.78, 5) is 4.28. The number of sulfonamides is 1. The molecular weight excluding hydrogens is 330 g/mol. The molecule has 2 rings (SSSR count). The molecule has 0 aliphatic carbocycles. The molecule has 22 heavy (non-hydrogen) atoms. The molecule has 1 aromatic heterocycles. The predicted molar refractivity (Wildman–Crippen MR) is 82.2 cm³/mol. The first kappa shape index (κ1) is 17.0. The Morgan fingerprint density at radius 3 is 2.55 bits per heavy atom. The molecule has 1 N–H and O–H groups in total. The number of aromatic nitrogens is 1. The molecule has 8 heteroatoms. The van der Waals surface area contributed by atoms with Crippen LogP contribution in [0.1, 0.15) is 22.7 Å². The molecule has 0 aliphatic heterocycles. The average molecular weight is 346 g/mol. The van der Waals surface area contributed by atoms with Crippen LogP contribution in [0.2, 0.25) is 0 Å². The molecule has 0 unspecified atom stereocenters. The zero-order valence-electron chi connectivity index (χ0n) is 12.0. The second kappa shape index (κ2) is 7.26. The van der Waals surface area contributed by atoms with E-state index in [1.54, 1.807) is 0 Å². The van der Waals surface area contributed by atoms with Crippen molar-refractivity contribution in [2.75, 3.05) is 6.54 Å². The highest BCUT2D eigenvalue weighted by molar-refractivity contribution is 7.88. The van der Waals surface area contributed by atoms with Crippen molar-refractivity contribution in [3.05, 3.63) is 51.5 Å². The van der Waals surface area contributed by atoms with Gasteiger partial charge in [-0.25, -0.2) is 26.9 Å². The molecule has 0 bridgehead atoms. The van der Waals surface area contributed by atoms with Crippen LogP contribution in [-0.2, 0) is 22.2 Å². The van der Waals surface area contributed by atoms with E-state index in [9.17, 15) is 17.2 Å². The number of halogens is 2. The number of benzene rings is 1. The van der Waals surface area contributed by atoms with Crippen LogP contribution in [0.25, 0.3) is 0 Å². The fourth-order valence-electron chi connectivity index (χ4n) is 1.90. The SMILES string of the molecule is Cc1csc(CCCNS(=O)(=O)Cc2c(F)cccc2F)n1. The van der Waals surface area contributed by atoms with Gasteiger partial charge in [0.15, 0.2) is 0 Å². The number of rotatable bonds is 7. The molecule has 0 saturated heterocycles. The van der Waals surface area contributed by atoms with Crippen molar-refractivity contribution in [1.82, 2.24) is 9.71 Å². The molecule has 1 heterocycles. The number of aryl methyl sites for hydroxylation is 2. The van der Waals surface area contributed by atoms with Crippen molar-refractivity contribution in [1.29, 1.82) is 0 Å². The van der Waals surface area contributed by atoms with Gasteiger partial charge >= 0.3 is 0 Å². The first-order valence-electron chi connectivity index (χ1n) is 6.68. The maximum atomic E-state index is 13.5. The van der Waals surface area contributed by atoms with E-state index < -0.39 is 33.0 Å². The van der Waals surface area contributed by atoms with Crippen LogP contribution in [0, 0.1) is 18.6 Å². The van der Waals surface area contributed by atoms with Crippen LogP contribution in [-0.4, -0.2) is 19.9 Å². The standard InChI is InChI=1S/C14H16F2N2O2S2/c1-10-8-21-14(18-10)6-3-7-17-22(19,20)9-11-12(15)4-2-5-13(11)16/h2,4-5,8,17H,3,6-7,9H2,1H3. The van der Waals surface area contributed by atoms with Gasteiger partial charge in [-0.05, 0) is 25.5 Å². The van der Waals surface area contributed by atoms with E-state index in [-0.39, 0.29) is 6.54 Å². The summed E-state index contributed by atoms with van der Waals surface area (Å²) >= 11 is 1.53. The van der Waals surface area contributed by atoms with Gasteiger partial charge in [0.05, 0.1) is 10.8 Å². The first-order chi connectivity index (χ1) is 10.4. The lowest BCUT2D eigenvalue weighted by atomic mass is 10.2. The summed E-state index contributed by atoms with van der Waals surface area (Å²) in [7, 11) is -3.78. The minimum Gasteiger partial charge on any atom is -0.247 e. The lowest BCUT2D eigenvalue weighted by Crippen LogP contribution is -2.27. The highest BCUT2D eigenvalue weighted by atomic mass is 32.2. The van der Waals surface area contributed by atoms with Crippen LogP contribution in [0.5, 0.6) is 0 Å². The van der Waals surface area contributed by atoms with E-state index in [1.807, 2.05) is 12.3 Å². The van der Waals surface area contributed by atoms with Crippen LogP contribution < -0.4 is 4.72 Å². The van der Waals surface area contributed by atoms with Crippen molar-refractivity contribution >= 4 is 21.4 Å². The maximum absolute atomic E-state index is 13.5. The fraction of sp³-hybridized carbons (Fsp3) is 0.357. The molecule has 0 radical (unpaired) electrons. The van der Waals surface area contributed by atoms with Gasteiger partial charge in [0.2, 0.25) is 10.0 Å². The molecule has 0 spiro atoms. The molecule has 0 saturated carbocycles. The smallest absolute Gasteiger partial charge is 0.215 e. The van der Waals surface area contributed by atoms with Crippen LogP contribution in [0.15, 0.2) is 23.6 Å². The third-order valence-electron chi connectivity index (χ3n) is 2.95. The Kier molecular flexibility index (Phi) is 5.60.